The fourth-order valence-corrected chi connectivity index (χ4v) is 3.53. The second-order valence-electron chi connectivity index (χ2n) is 6.50. The van der Waals surface area contributed by atoms with Crippen LogP contribution in [-0.2, 0) is 9.59 Å². The summed E-state index contributed by atoms with van der Waals surface area (Å²) in [5, 5.41) is 12.0. The first-order valence-electron chi connectivity index (χ1n) is 8.94. The maximum atomic E-state index is 13.0. The summed E-state index contributed by atoms with van der Waals surface area (Å²) in [6, 6.07) is 16.0. The van der Waals surface area contributed by atoms with E-state index in [0.717, 1.165) is 0 Å². The van der Waals surface area contributed by atoms with E-state index in [1.54, 1.807) is 42.5 Å². The predicted molar refractivity (Wildman–Crippen MR) is 119 cm³/mol. The highest BCUT2D eigenvalue weighted by atomic mass is 35.5. The molecular weight excluding hydrogens is 440 g/mol. The Labute approximate surface area is 186 Å². The maximum Gasteiger partial charge on any atom is 0.335 e. The number of aromatic carboxylic acids is 1. The summed E-state index contributed by atoms with van der Waals surface area (Å²) in [6.45, 7) is 0. The standard InChI is InChI=1S/C22H13ClN2O5S/c23-17-8-6-12(21(28)29)10-15(17)18-9-7-14(30-18)11-16-19(26)24-22(31)25(20(16)27)13-4-2-1-3-5-13/h1-11H,(H,28,29)(H,24,26,31)/b16-11+. The van der Waals surface area contributed by atoms with Crippen molar-refractivity contribution in [1.82, 2.24) is 5.32 Å². The van der Waals surface area contributed by atoms with E-state index in [1.165, 1.54) is 29.2 Å². The highest BCUT2D eigenvalue weighted by Gasteiger charge is 2.34. The fraction of sp³-hybridized carbons (Fsp3) is 0. The molecule has 3 aromatic rings. The monoisotopic (exact) mass is 452 g/mol. The van der Waals surface area contributed by atoms with Gasteiger partial charge in [0.2, 0.25) is 0 Å². The van der Waals surface area contributed by atoms with Gasteiger partial charge in [0.15, 0.2) is 5.11 Å². The number of carbonyl (C=O) groups is 3. The lowest BCUT2D eigenvalue weighted by Crippen LogP contribution is -2.54. The second kappa shape index (κ2) is 8.17. The van der Waals surface area contributed by atoms with Crippen molar-refractivity contribution in [3.63, 3.8) is 0 Å². The number of hydrogen-bond acceptors (Lipinski definition) is 5. The number of halogens is 1. The van der Waals surface area contributed by atoms with Crippen LogP contribution in [0.15, 0.2) is 70.7 Å². The summed E-state index contributed by atoms with van der Waals surface area (Å²) < 4.78 is 5.72. The molecule has 0 saturated carbocycles. The molecule has 2 amide bonds. The number of benzene rings is 2. The third kappa shape index (κ3) is 3.98. The molecule has 7 nitrogen and oxygen atoms in total. The number of anilines is 1. The quantitative estimate of drug-likeness (QED) is 0.351. The summed E-state index contributed by atoms with van der Waals surface area (Å²) in [5.74, 6) is -1.84. The van der Waals surface area contributed by atoms with Gasteiger partial charge in [-0.05, 0) is 60.8 Å². The van der Waals surface area contributed by atoms with Gasteiger partial charge in [-0.1, -0.05) is 29.8 Å². The van der Waals surface area contributed by atoms with Crippen LogP contribution in [0.2, 0.25) is 5.02 Å². The third-order valence-corrected chi connectivity index (χ3v) is 5.12. The predicted octanol–water partition coefficient (Wildman–Crippen LogP) is 4.13. The molecule has 2 heterocycles. The first-order valence-corrected chi connectivity index (χ1v) is 9.73. The molecule has 154 valence electrons. The zero-order chi connectivity index (χ0) is 22.1. The van der Waals surface area contributed by atoms with Gasteiger partial charge >= 0.3 is 5.97 Å². The van der Waals surface area contributed by atoms with Crippen LogP contribution < -0.4 is 10.2 Å². The molecule has 0 atom stereocenters. The van der Waals surface area contributed by atoms with Crippen molar-refractivity contribution >= 4 is 58.5 Å². The van der Waals surface area contributed by atoms with E-state index < -0.39 is 17.8 Å². The van der Waals surface area contributed by atoms with E-state index >= 15 is 0 Å². The summed E-state index contributed by atoms with van der Waals surface area (Å²) in [7, 11) is 0. The molecule has 1 aliphatic heterocycles. The van der Waals surface area contributed by atoms with Crippen LogP contribution in [0.1, 0.15) is 16.1 Å². The number of carbonyl (C=O) groups excluding carboxylic acids is 2. The number of hydrogen-bond donors (Lipinski definition) is 2. The van der Waals surface area contributed by atoms with Crippen molar-refractivity contribution in [3.8, 4) is 11.3 Å². The van der Waals surface area contributed by atoms with Crippen LogP contribution in [0.25, 0.3) is 17.4 Å². The molecule has 1 saturated heterocycles. The number of rotatable bonds is 4. The minimum atomic E-state index is -1.10. The normalized spacial score (nSPS) is 15.3. The second-order valence-corrected chi connectivity index (χ2v) is 7.29. The van der Waals surface area contributed by atoms with Gasteiger partial charge in [-0.25, -0.2) is 4.79 Å². The van der Waals surface area contributed by atoms with E-state index in [1.807, 2.05) is 0 Å². The maximum absolute atomic E-state index is 13.0. The molecule has 0 aliphatic carbocycles. The number of thiocarbonyl (C=S) groups is 1. The first kappa shape index (κ1) is 20.5. The van der Waals surface area contributed by atoms with Gasteiger partial charge in [0.05, 0.1) is 16.3 Å². The van der Waals surface area contributed by atoms with Crippen LogP contribution in [0.3, 0.4) is 0 Å². The van der Waals surface area contributed by atoms with Gasteiger partial charge in [-0.15, -0.1) is 0 Å². The van der Waals surface area contributed by atoms with E-state index in [4.69, 9.17) is 28.2 Å². The molecule has 31 heavy (non-hydrogen) atoms. The molecule has 0 bridgehead atoms. The largest absolute Gasteiger partial charge is 0.478 e. The summed E-state index contributed by atoms with van der Waals surface area (Å²) in [6.07, 6.45) is 1.30. The van der Waals surface area contributed by atoms with Gasteiger partial charge in [-0.3, -0.25) is 19.8 Å². The molecule has 0 unspecified atom stereocenters. The number of nitrogens with zero attached hydrogens (tertiary/aromatic N) is 1. The Kier molecular flexibility index (Phi) is 5.41. The molecule has 2 aromatic carbocycles. The number of furan rings is 1. The van der Waals surface area contributed by atoms with Crippen molar-refractivity contribution in [2.75, 3.05) is 4.90 Å². The number of amides is 2. The molecule has 0 radical (unpaired) electrons. The van der Waals surface area contributed by atoms with E-state index in [-0.39, 0.29) is 22.0 Å². The Morgan fingerprint density at radius 1 is 1.10 bits per heavy atom. The smallest absolute Gasteiger partial charge is 0.335 e. The minimum absolute atomic E-state index is 0.0178. The molecule has 4 rings (SSSR count). The fourth-order valence-electron chi connectivity index (χ4n) is 3.03. The summed E-state index contributed by atoms with van der Waals surface area (Å²) in [5.41, 5.74) is 0.770. The molecule has 1 aliphatic rings. The third-order valence-electron chi connectivity index (χ3n) is 4.51. The Morgan fingerprint density at radius 3 is 2.55 bits per heavy atom. The van der Waals surface area contributed by atoms with Gasteiger partial charge in [0.1, 0.15) is 17.1 Å². The van der Waals surface area contributed by atoms with E-state index in [0.29, 0.717) is 22.0 Å². The van der Waals surface area contributed by atoms with Crippen LogP contribution in [-0.4, -0.2) is 28.0 Å². The van der Waals surface area contributed by atoms with Gasteiger partial charge < -0.3 is 9.52 Å². The lowest BCUT2D eigenvalue weighted by Gasteiger charge is -2.28. The molecule has 0 spiro atoms. The topological polar surface area (TPSA) is 99.9 Å². The lowest BCUT2D eigenvalue weighted by molar-refractivity contribution is -0.122. The number of nitrogens with one attached hydrogen (secondary N) is 1. The van der Waals surface area contributed by atoms with E-state index in [9.17, 15) is 19.5 Å². The highest BCUT2D eigenvalue weighted by Crippen LogP contribution is 2.31. The Bertz CT molecular complexity index is 1270. The van der Waals surface area contributed by atoms with Gasteiger partial charge in [0.25, 0.3) is 11.8 Å². The van der Waals surface area contributed by atoms with Crippen LogP contribution in [0.4, 0.5) is 5.69 Å². The molecular formula is C22H13ClN2O5S. The average molecular weight is 453 g/mol. The average Bonchev–Trinajstić information content (AvgIpc) is 3.20. The number of para-hydroxylation sites is 1. The minimum Gasteiger partial charge on any atom is -0.478 e. The molecule has 1 aromatic heterocycles. The molecule has 1 fully saturated rings. The van der Waals surface area contributed by atoms with Crippen molar-refractivity contribution in [2.45, 2.75) is 0 Å². The van der Waals surface area contributed by atoms with Crippen molar-refractivity contribution < 1.29 is 23.9 Å². The number of carboxylic acid groups (broad SMARTS) is 1. The zero-order valence-electron chi connectivity index (χ0n) is 15.7. The Hall–Kier alpha value is -3.75. The number of carboxylic acids is 1. The highest BCUT2D eigenvalue weighted by molar-refractivity contribution is 7.80. The first-order chi connectivity index (χ1) is 14.8. The van der Waals surface area contributed by atoms with Crippen molar-refractivity contribution in [1.29, 1.82) is 0 Å². The SMILES string of the molecule is O=C1NC(=S)N(c2ccccc2)C(=O)/C1=C/c1ccc(-c2cc(C(=O)O)ccc2Cl)o1. The zero-order valence-corrected chi connectivity index (χ0v) is 17.2. The van der Waals surface area contributed by atoms with Crippen molar-refractivity contribution in [3.05, 3.63) is 82.6 Å². The van der Waals surface area contributed by atoms with Gasteiger partial charge in [0, 0.05) is 5.56 Å². The summed E-state index contributed by atoms with van der Waals surface area (Å²) in [4.78, 5) is 37.8. The van der Waals surface area contributed by atoms with Crippen LogP contribution in [0.5, 0.6) is 0 Å². The van der Waals surface area contributed by atoms with Gasteiger partial charge in [-0.2, -0.15) is 0 Å². The summed E-state index contributed by atoms with van der Waals surface area (Å²) >= 11 is 11.3. The van der Waals surface area contributed by atoms with E-state index in [2.05, 4.69) is 5.32 Å². The lowest BCUT2D eigenvalue weighted by atomic mass is 10.1. The molecule has 2 N–H and O–H groups in total. The van der Waals surface area contributed by atoms with Crippen LogP contribution in [0, 0.1) is 0 Å². The Morgan fingerprint density at radius 2 is 1.84 bits per heavy atom. The van der Waals surface area contributed by atoms with Crippen LogP contribution >= 0.6 is 23.8 Å². The van der Waals surface area contributed by atoms with Crippen molar-refractivity contribution in [2.24, 2.45) is 0 Å². The molecule has 9 heteroatoms. The Balaban J connectivity index is 1.69.